The van der Waals surface area contributed by atoms with Crippen molar-refractivity contribution in [3.63, 3.8) is 0 Å². The van der Waals surface area contributed by atoms with Gasteiger partial charge in [-0.25, -0.2) is 19.3 Å². The van der Waals surface area contributed by atoms with Gasteiger partial charge in [-0.3, -0.25) is 4.90 Å². The third-order valence-corrected chi connectivity index (χ3v) is 8.15. The zero-order chi connectivity index (χ0) is 31.1. The van der Waals surface area contributed by atoms with E-state index in [1.807, 2.05) is 38.1 Å². The number of hydrogen-bond acceptors (Lipinski definition) is 7. The second-order valence-electron chi connectivity index (χ2n) is 12.2. The molecule has 1 amide bonds. The summed E-state index contributed by atoms with van der Waals surface area (Å²) in [5, 5.41) is 36.9. The molecule has 1 fully saturated rings. The van der Waals surface area contributed by atoms with Crippen LogP contribution in [-0.2, 0) is 6.54 Å². The van der Waals surface area contributed by atoms with E-state index in [1.165, 1.54) is 10.6 Å². The van der Waals surface area contributed by atoms with Crippen molar-refractivity contribution in [2.45, 2.75) is 59.4 Å². The van der Waals surface area contributed by atoms with Crippen molar-refractivity contribution in [2.75, 3.05) is 45.8 Å². The molecule has 0 saturated carbocycles. The number of amides is 1. The lowest BCUT2D eigenvalue weighted by atomic mass is 9.98. The molecule has 0 aliphatic carbocycles. The highest BCUT2D eigenvalue weighted by molar-refractivity contribution is 5.69. The van der Waals surface area contributed by atoms with E-state index in [4.69, 9.17) is 0 Å². The molecule has 11 nitrogen and oxygen atoms in total. The highest BCUT2D eigenvalue weighted by Gasteiger charge is 2.21. The molecule has 4 rings (SSSR count). The van der Waals surface area contributed by atoms with Crippen LogP contribution in [0.2, 0.25) is 0 Å². The summed E-state index contributed by atoms with van der Waals surface area (Å²) in [5.74, 6) is 0.649. The van der Waals surface area contributed by atoms with E-state index < -0.39 is 11.8 Å². The lowest BCUT2D eigenvalue weighted by Gasteiger charge is -2.34. The molecule has 43 heavy (non-hydrogen) atoms. The van der Waals surface area contributed by atoms with Gasteiger partial charge in [0.15, 0.2) is 5.82 Å². The maximum absolute atomic E-state index is 12.7. The SMILES string of the molecule is CC(C)CCN(CCCCN1CCN(Cc2ccc(-n3c(-c4cc(C(C)C)c(O)cc4O)n[nH]c3=O)cc2)CC1)C(=O)O. The minimum atomic E-state index is -0.823. The number of carbonyl (C=O) groups is 1. The van der Waals surface area contributed by atoms with Gasteiger partial charge < -0.3 is 25.1 Å². The summed E-state index contributed by atoms with van der Waals surface area (Å²) < 4.78 is 1.43. The summed E-state index contributed by atoms with van der Waals surface area (Å²) >= 11 is 0. The lowest BCUT2D eigenvalue weighted by molar-refractivity contribution is 0.122. The number of phenolic OH excluding ortho intramolecular Hbond substituents is 2. The normalized spacial score (nSPS) is 14.6. The molecule has 4 N–H and O–H groups in total. The number of carboxylic acid groups (broad SMARTS) is 1. The number of H-pyrrole nitrogens is 1. The third kappa shape index (κ3) is 8.39. The smallest absolute Gasteiger partial charge is 0.407 e. The minimum Gasteiger partial charge on any atom is -0.508 e. The second-order valence-corrected chi connectivity index (χ2v) is 12.2. The van der Waals surface area contributed by atoms with Crippen molar-refractivity contribution in [1.29, 1.82) is 0 Å². The van der Waals surface area contributed by atoms with Gasteiger partial charge in [-0.2, -0.15) is 5.10 Å². The number of benzene rings is 2. The van der Waals surface area contributed by atoms with Gasteiger partial charge in [0.2, 0.25) is 0 Å². The first kappa shape index (κ1) is 32.1. The van der Waals surface area contributed by atoms with E-state index in [0.717, 1.165) is 64.1 Å². The fourth-order valence-corrected chi connectivity index (χ4v) is 5.49. The fraction of sp³-hybridized carbons (Fsp3) is 0.531. The predicted octanol–water partition coefficient (Wildman–Crippen LogP) is 4.69. The Balaban J connectivity index is 1.30. The maximum Gasteiger partial charge on any atom is 0.407 e. The van der Waals surface area contributed by atoms with Gasteiger partial charge in [0.1, 0.15) is 11.5 Å². The highest BCUT2D eigenvalue weighted by Crippen LogP contribution is 2.37. The molecule has 11 heteroatoms. The van der Waals surface area contributed by atoms with Crippen LogP contribution >= 0.6 is 0 Å². The van der Waals surface area contributed by atoms with Crippen molar-refractivity contribution in [3.05, 3.63) is 58.0 Å². The van der Waals surface area contributed by atoms with E-state index in [9.17, 15) is 24.9 Å². The third-order valence-electron chi connectivity index (χ3n) is 8.15. The van der Waals surface area contributed by atoms with Crippen molar-refractivity contribution in [3.8, 4) is 28.6 Å². The van der Waals surface area contributed by atoms with Crippen LogP contribution in [0.3, 0.4) is 0 Å². The Bertz CT molecular complexity index is 1410. The standard InChI is InChI=1S/C32H46N6O5/c1-22(2)11-14-37(32(42)43)13-6-5-12-35-15-17-36(18-16-35)21-24-7-9-25(10-8-24)38-30(33-34-31(38)41)27-19-26(23(3)4)28(39)20-29(27)40/h7-10,19-20,22-23,39-40H,5-6,11-18,21H2,1-4H3,(H,34,41)(H,42,43). The van der Waals surface area contributed by atoms with E-state index >= 15 is 0 Å². The van der Waals surface area contributed by atoms with Crippen molar-refractivity contribution >= 4 is 6.09 Å². The summed E-state index contributed by atoms with van der Waals surface area (Å²) in [4.78, 5) is 30.6. The van der Waals surface area contributed by atoms with Crippen LogP contribution in [0.4, 0.5) is 4.79 Å². The van der Waals surface area contributed by atoms with Gasteiger partial charge >= 0.3 is 11.8 Å². The number of nitrogens with one attached hydrogen (secondary N) is 1. The number of aromatic nitrogens is 3. The molecule has 2 aromatic carbocycles. The Morgan fingerprint density at radius 2 is 1.63 bits per heavy atom. The first-order valence-corrected chi connectivity index (χ1v) is 15.3. The molecule has 0 spiro atoms. The number of aromatic amines is 1. The number of aromatic hydroxyl groups is 2. The number of unbranched alkanes of at least 4 members (excludes halogenated alkanes) is 1. The van der Waals surface area contributed by atoms with Gasteiger partial charge in [-0.05, 0) is 67.0 Å². The molecular formula is C32H46N6O5. The van der Waals surface area contributed by atoms with E-state index in [1.54, 1.807) is 11.0 Å². The topological polar surface area (TPSA) is 138 Å². The van der Waals surface area contributed by atoms with E-state index in [0.29, 0.717) is 35.8 Å². The Hall–Kier alpha value is -3.83. The quantitative estimate of drug-likeness (QED) is 0.209. The minimum absolute atomic E-state index is 0.00506. The summed E-state index contributed by atoms with van der Waals surface area (Å²) in [7, 11) is 0. The van der Waals surface area contributed by atoms with Gasteiger partial charge in [0.05, 0.1) is 11.3 Å². The van der Waals surface area contributed by atoms with Gasteiger partial charge in [0.25, 0.3) is 0 Å². The first-order chi connectivity index (χ1) is 20.5. The van der Waals surface area contributed by atoms with Crippen LogP contribution in [0.15, 0.2) is 41.2 Å². The molecule has 2 heterocycles. The molecule has 3 aromatic rings. The Kier molecular flexibility index (Phi) is 10.9. The molecule has 0 unspecified atom stereocenters. The number of piperazine rings is 1. The fourth-order valence-electron chi connectivity index (χ4n) is 5.49. The van der Waals surface area contributed by atoms with Crippen LogP contribution in [0, 0.1) is 5.92 Å². The van der Waals surface area contributed by atoms with Crippen molar-refractivity contribution in [1.82, 2.24) is 29.5 Å². The van der Waals surface area contributed by atoms with Gasteiger partial charge in [-0.15, -0.1) is 0 Å². The zero-order valence-corrected chi connectivity index (χ0v) is 25.8. The molecule has 1 saturated heterocycles. The summed E-state index contributed by atoms with van der Waals surface area (Å²) in [6.45, 7) is 15.0. The molecule has 0 atom stereocenters. The second kappa shape index (κ2) is 14.6. The van der Waals surface area contributed by atoms with E-state index in [-0.39, 0.29) is 23.2 Å². The number of hydrogen-bond donors (Lipinski definition) is 4. The Labute approximate surface area is 253 Å². The molecule has 1 aromatic heterocycles. The average molecular weight is 595 g/mol. The van der Waals surface area contributed by atoms with Crippen LogP contribution in [0.1, 0.15) is 64.0 Å². The molecule has 234 valence electrons. The number of phenols is 2. The molecular weight excluding hydrogens is 548 g/mol. The lowest BCUT2D eigenvalue weighted by Crippen LogP contribution is -2.46. The first-order valence-electron chi connectivity index (χ1n) is 15.3. The summed E-state index contributed by atoms with van der Waals surface area (Å²) in [6.07, 6.45) is 1.94. The highest BCUT2D eigenvalue weighted by atomic mass is 16.4. The monoisotopic (exact) mass is 594 g/mol. The van der Waals surface area contributed by atoms with Crippen LogP contribution in [0.25, 0.3) is 17.1 Å². The van der Waals surface area contributed by atoms with Crippen LogP contribution in [0.5, 0.6) is 11.5 Å². The summed E-state index contributed by atoms with van der Waals surface area (Å²) in [6, 6.07) is 10.7. The number of nitrogens with zero attached hydrogens (tertiary/aromatic N) is 5. The van der Waals surface area contributed by atoms with Crippen molar-refractivity contribution in [2.24, 2.45) is 5.92 Å². The van der Waals surface area contributed by atoms with Crippen LogP contribution < -0.4 is 5.69 Å². The zero-order valence-electron chi connectivity index (χ0n) is 25.8. The Morgan fingerprint density at radius 3 is 2.26 bits per heavy atom. The predicted molar refractivity (Wildman–Crippen MR) is 167 cm³/mol. The van der Waals surface area contributed by atoms with E-state index in [2.05, 4.69) is 33.8 Å². The molecule has 1 aliphatic heterocycles. The number of rotatable bonds is 13. The van der Waals surface area contributed by atoms with Crippen LogP contribution in [-0.4, -0.2) is 96.7 Å². The average Bonchev–Trinajstić information content (AvgIpc) is 3.34. The van der Waals surface area contributed by atoms with Gasteiger partial charge in [0, 0.05) is 51.9 Å². The van der Waals surface area contributed by atoms with Gasteiger partial charge in [-0.1, -0.05) is 39.8 Å². The summed E-state index contributed by atoms with van der Waals surface area (Å²) in [5.41, 5.74) is 2.38. The largest absolute Gasteiger partial charge is 0.508 e. The molecule has 0 bridgehead atoms. The maximum atomic E-state index is 12.7. The van der Waals surface area contributed by atoms with Crippen molar-refractivity contribution < 1.29 is 20.1 Å². The molecule has 0 radical (unpaired) electrons. The Morgan fingerprint density at radius 1 is 0.953 bits per heavy atom. The molecule has 1 aliphatic rings.